The van der Waals surface area contributed by atoms with Crippen molar-refractivity contribution in [2.75, 3.05) is 26.0 Å². The van der Waals surface area contributed by atoms with E-state index < -0.39 is 46.1 Å². The van der Waals surface area contributed by atoms with Gasteiger partial charge in [0.1, 0.15) is 18.7 Å². The van der Waals surface area contributed by atoms with E-state index >= 15 is 0 Å². The Labute approximate surface area is 248 Å². The number of nitrogens with one attached hydrogen (secondary N) is 1. The molecule has 2 saturated heterocycles. The molecule has 10 nitrogen and oxygen atoms in total. The zero-order chi connectivity index (χ0) is 30.3. The Kier molecular flexibility index (Phi) is 10.7. The molecule has 0 aromatic heterocycles. The van der Waals surface area contributed by atoms with Gasteiger partial charge in [0.25, 0.3) is 0 Å². The molecule has 0 unspecified atom stereocenters. The second-order valence-corrected chi connectivity index (χ2v) is 13.0. The highest BCUT2D eigenvalue weighted by Crippen LogP contribution is 2.37. The molecule has 2 aliphatic rings. The highest BCUT2D eigenvalue weighted by molar-refractivity contribution is 7.88. The highest BCUT2D eigenvalue weighted by atomic mass is 32.2. The number of rotatable bonds is 12. The molecule has 11 heteroatoms. The molecule has 2 aromatic carbocycles. The maximum atomic E-state index is 14.1. The summed E-state index contributed by atoms with van der Waals surface area (Å²) < 4.78 is 37.1. The smallest absolute Gasteiger partial charge is 0.329 e. The van der Waals surface area contributed by atoms with Crippen molar-refractivity contribution in [3.63, 3.8) is 0 Å². The van der Waals surface area contributed by atoms with Crippen LogP contribution in [-0.4, -0.2) is 85.6 Å². The van der Waals surface area contributed by atoms with Crippen LogP contribution in [0.1, 0.15) is 44.2 Å². The maximum Gasteiger partial charge on any atom is 0.329 e. The van der Waals surface area contributed by atoms with Gasteiger partial charge < -0.3 is 14.4 Å². The molecule has 228 valence electrons. The van der Waals surface area contributed by atoms with Gasteiger partial charge in [-0.3, -0.25) is 14.9 Å². The SMILES string of the molecule is CCOC(=O)[C@@H](CCc1ccccc1)N[C@@H](C)C(=O)N1[C@H](C(=O)OCc2ccccc2)C[C@H]2CCN(S(C)(=O)=O)C[C@@H]21. The van der Waals surface area contributed by atoms with E-state index in [0.717, 1.165) is 17.4 Å². The first-order chi connectivity index (χ1) is 20.1. The van der Waals surface area contributed by atoms with E-state index in [0.29, 0.717) is 32.2 Å². The second-order valence-electron chi connectivity index (χ2n) is 11.0. The van der Waals surface area contributed by atoms with Gasteiger partial charge in [0.05, 0.1) is 18.9 Å². The number of hydrogen-bond acceptors (Lipinski definition) is 8. The fourth-order valence-electron chi connectivity index (χ4n) is 5.89. The molecule has 2 fully saturated rings. The van der Waals surface area contributed by atoms with Gasteiger partial charge in [-0.2, -0.15) is 0 Å². The molecule has 2 aromatic rings. The first kappa shape index (κ1) is 31.7. The van der Waals surface area contributed by atoms with Gasteiger partial charge in [0, 0.05) is 19.1 Å². The van der Waals surface area contributed by atoms with Crippen molar-refractivity contribution < 1.29 is 32.3 Å². The fourth-order valence-corrected chi connectivity index (χ4v) is 6.75. The van der Waals surface area contributed by atoms with Crippen molar-refractivity contribution in [2.45, 2.75) is 70.3 Å². The number of fused-ring (bicyclic) bond motifs is 1. The molecule has 2 heterocycles. The minimum atomic E-state index is -3.49. The van der Waals surface area contributed by atoms with Crippen LogP contribution in [0.25, 0.3) is 0 Å². The van der Waals surface area contributed by atoms with Crippen LogP contribution in [0.5, 0.6) is 0 Å². The molecule has 0 aliphatic carbocycles. The summed E-state index contributed by atoms with van der Waals surface area (Å²) in [6.07, 6.45) is 3.10. The minimum Gasteiger partial charge on any atom is -0.465 e. The van der Waals surface area contributed by atoms with E-state index in [1.54, 1.807) is 13.8 Å². The summed E-state index contributed by atoms with van der Waals surface area (Å²) in [5, 5.41) is 3.15. The van der Waals surface area contributed by atoms with Gasteiger partial charge in [0.2, 0.25) is 15.9 Å². The summed E-state index contributed by atoms with van der Waals surface area (Å²) in [7, 11) is -3.49. The fraction of sp³-hybridized carbons (Fsp3) is 0.516. The lowest BCUT2D eigenvalue weighted by Crippen LogP contribution is -2.58. The summed E-state index contributed by atoms with van der Waals surface area (Å²) in [5.41, 5.74) is 1.88. The lowest BCUT2D eigenvalue weighted by Gasteiger charge is -2.39. The van der Waals surface area contributed by atoms with Crippen molar-refractivity contribution in [3.8, 4) is 0 Å². The molecule has 42 heavy (non-hydrogen) atoms. The monoisotopic (exact) mass is 599 g/mol. The molecule has 5 atom stereocenters. The Balaban J connectivity index is 1.53. The van der Waals surface area contributed by atoms with E-state index in [-0.39, 0.29) is 31.6 Å². The number of carbonyl (C=O) groups excluding carboxylic acids is 3. The van der Waals surface area contributed by atoms with Crippen molar-refractivity contribution in [1.82, 2.24) is 14.5 Å². The molecule has 1 amide bonds. The van der Waals surface area contributed by atoms with Crippen LogP contribution in [0.3, 0.4) is 0 Å². The van der Waals surface area contributed by atoms with Crippen molar-refractivity contribution in [3.05, 3.63) is 71.8 Å². The number of esters is 2. The summed E-state index contributed by atoms with van der Waals surface area (Å²) in [6, 6.07) is 16.1. The summed E-state index contributed by atoms with van der Waals surface area (Å²) in [5.74, 6) is -1.40. The third kappa shape index (κ3) is 7.96. The van der Waals surface area contributed by atoms with Crippen LogP contribution in [-0.2, 0) is 46.9 Å². The molecular formula is C31H41N3O7S. The Morgan fingerprint density at radius 2 is 1.64 bits per heavy atom. The first-order valence-electron chi connectivity index (χ1n) is 14.5. The number of hydrogen-bond donors (Lipinski definition) is 1. The first-order valence-corrected chi connectivity index (χ1v) is 16.4. The maximum absolute atomic E-state index is 14.1. The van der Waals surface area contributed by atoms with Crippen molar-refractivity contribution in [2.24, 2.45) is 5.92 Å². The second kappa shape index (κ2) is 14.3. The Bertz CT molecular complexity index is 1320. The van der Waals surface area contributed by atoms with E-state index in [1.807, 2.05) is 60.7 Å². The number of ether oxygens (including phenoxy) is 2. The average molecular weight is 600 g/mol. The molecule has 0 radical (unpaired) electrons. The van der Waals surface area contributed by atoms with Gasteiger partial charge in [-0.25, -0.2) is 17.5 Å². The summed E-state index contributed by atoms with van der Waals surface area (Å²) in [4.78, 5) is 41.8. The van der Waals surface area contributed by atoms with Crippen LogP contribution in [0.15, 0.2) is 60.7 Å². The third-order valence-corrected chi connectivity index (χ3v) is 9.35. The summed E-state index contributed by atoms with van der Waals surface area (Å²) in [6.45, 7) is 4.12. The molecule has 0 spiro atoms. The molecular weight excluding hydrogens is 558 g/mol. The van der Waals surface area contributed by atoms with Crippen LogP contribution in [0.2, 0.25) is 0 Å². The highest BCUT2D eigenvalue weighted by Gasteiger charge is 2.51. The van der Waals surface area contributed by atoms with E-state index in [9.17, 15) is 22.8 Å². The predicted octanol–water partition coefficient (Wildman–Crippen LogP) is 2.52. The van der Waals surface area contributed by atoms with Gasteiger partial charge in [-0.1, -0.05) is 60.7 Å². The van der Waals surface area contributed by atoms with Crippen LogP contribution >= 0.6 is 0 Å². The van der Waals surface area contributed by atoms with Gasteiger partial charge in [0.15, 0.2) is 0 Å². The zero-order valence-corrected chi connectivity index (χ0v) is 25.3. The van der Waals surface area contributed by atoms with Crippen LogP contribution in [0, 0.1) is 5.92 Å². The standard InChI is InChI=1S/C31H41N3O7S/c1-4-40-30(36)26(16-15-23-11-7-5-8-12-23)32-22(2)29(35)34-27(31(37)41-21-24-13-9-6-10-14-24)19-25-17-18-33(20-28(25)34)42(3,38)39/h5-14,22,25-28,32H,4,15-21H2,1-3H3/t22-,25+,26+,27-,28-/m0/s1. The molecule has 4 rings (SSSR count). The Morgan fingerprint density at radius 3 is 2.26 bits per heavy atom. The minimum absolute atomic E-state index is 0.0487. The van der Waals surface area contributed by atoms with Gasteiger partial charge in [-0.05, 0) is 56.6 Å². The number of carbonyl (C=O) groups is 3. The molecule has 1 N–H and O–H groups in total. The van der Waals surface area contributed by atoms with Crippen LogP contribution in [0.4, 0.5) is 0 Å². The van der Waals surface area contributed by atoms with Crippen molar-refractivity contribution >= 4 is 27.9 Å². The number of aryl methyl sites for hydroxylation is 1. The molecule has 0 bridgehead atoms. The summed E-state index contributed by atoms with van der Waals surface area (Å²) >= 11 is 0. The largest absolute Gasteiger partial charge is 0.465 e. The number of benzene rings is 2. The zero-order valence-electron chi connectivity index (χ0n) is 24.5. The van der Waals surface area contributed by atoms with E-state index in [1.165, 1.54) is 9.21 Å². The number of sulfonamides is 1. The Hall–Kier alpha value is -3.28. The van der Waals surface area contributed by atoms with Crippen molar-refractivity contribution in [1.29, 1.82) is 0 Å². The Morgan fingerprint density at radius 1 is 1.00 bits per heavy atom. The van der Waals surface area contributed by atoms with Gasteiger partial charge >= 0.3 is 11.9 Å². The molecule has 0 saturated carbocycles. The number of nitrogens with zero attached hydrogens (tertiary/aromatic N) is 2. The number of amides is 1. The number of piperidine rings is 1. The lowest BCUT2D eigenvalue weighted by molar-refractivity contribution is -0.157. The molecule has 2 aliphatic heterocycles. The third-order valence-electron chi connectivity index (χ3n) is 8.08. The van der Waals surface area contributed by atoms with Crippen LogP contribution < -0.4 is 5.32 Å². The van der Waals surface area contributed by atoms with Gasteiger partial charge in [-0.15, -0.1) is 0 Å². The predicted molar refractivity (Wildman–Crippen MR) is 158 cm³/mol. The quantitative estimate of drug-likeness (QED) is 0.370. The normalized spacial score (nSPS) is 22.2. The van der Waals surface area contributed by atoms with E-state index in [2.05, 4.69) is 5.32 Å². The number of likely N-dealkylation sites (tertiary alicyclic amines) is 1. The lowest BCUT2D eigenvalue weighted by atomic mass is 9.92. The average Bonchev–Trinajstić information content (AvgIpc) is 3.37. The van der Waals surface area contributed by atoms with E-state index in [4.69, 9.17) is 9.47 Å². The topological polar surface area (TPSA) is 122 Å².